The molecule has 8 nitrogen and oxygen atoms in total. The quantitative estimate of drug-likeness (QED) is 0.170. The van der Waals surface area contributed by atoms with Crippen molar-refractivity contribution >= 4 is 90.3 Å². The second-order valence-electron chi connectivity index (χ2n) is 14.0. The molecule has 2 unspecified atom stereocenters. The molecule has 2 aromatic heterocycles. The number of aromatic nitrogens is 2. The van der Waals surface area contributed by atoms with Crippen LogP contribution in [-0.4, -0.2) is 59.8 Å². The Labute approximate surface area is 342 Å². The first-order chi connectivity index (χ1) is 26.1. The molecule has 0 bridgehead atoms. The van der Waals surface area contributed by atoms with Crippen LogP contribution < -0.4 is 10.6 Å². The Morgan fingerprint density at radius 3 is 1.63 bits per heavy atom. The molecule has 8 rings (SSSR count). The van der Waals surface area contributed by atoms with Gasteiger partial charge in [0.2, 0.25) is 0 Å². The number of nitrogens with zero attached hydrogens (tertiary/aromatic N) is 2. The van der Waals surface area contributed by atoms with Crippen LogP contribution in [0.3, 0.4) is 0 Å². The van der Waals surface area contributed by atoms with Gasteiger partial charge in [0.25, 0.3) is 0 Å². The highest BCUT2D eigenvalue weighted by Crippen LogP contribution is 2.46. The van der Waals surface area contributed by atoms with E-state index < -0.39 is 5.97 Å². The average Bonchev–Trinajstić information content (AvgIpc) is 3.39. The van der Waals surface area contributed by atoms with Gasteiger partial charge in [0, 0.05) is 54.3 Å². The maximum absolute atomic E-state index is 12.8. The minimum Gasteiger partial charge on any atom is -0.478 e. The van der Waals surface area contributed by atoms with Crippen molar-refractivity contribution in [2.24, 2.45) is 11.8 Å². The first-order valence-corrected chi connectivity index (χ1v) is 20.6. The molecular weight excluding hydrogens is 855 g/mol. The lowest BCUT2D eigenvalue weighted by Gasteiger charge is -2.32. The van der Waals surface area contributed by atoms with E-state index in [-0.39, 0.29) is 23.4 Å². The lowest BCUT2D eigenvalue weighted by molar-refractivity contribution is -0.136. The van der Waals surface area contributed by atoms with Gasteiger partial charge in [0.15, 0.2) is 0 Å². The molecule has 0 amide bonds. The minimum absolute atomic E-state index is 0.0561. The van der Waals surface area contributed by atoms with Crippen LogP contribution >= 0.6 is 55.1 Å². The zero-order chi connectivity index (χ0) is 37.9. The summed E-state index contributed by atoms with van der Waals surface area (Å²) in [7, 11) is 0. The van der Waals surface area contributed by atoms with Crippen LogP contribution in [0.5, 0.6) is 0 Å². The van der Waals surface area contributed by atoms with Crippen molar-refractivity contribution in [2.45, 2.75) is 44.4 Å². The fraction of sp³-hybridized carbons (Fsp3) is 0.333. The number of rotatable bonds is 5. The molecule has 0 radical (unpaired) electrons. The van der Waals surface area contributed by atoms with Crippen LogP contribution in [0.25, 0.3) is 23.3 Å². The van der Waals surface area contributed by atoms with Crippen molar-refractivity contribution in [3.05, 3.63) is 125 Å². The highest BCUT2D eigenvalue weighted by Gasteiger charge is 2.36. The van der Waals surface area contributed by atoms with Crippen LogP contribution in [0.2, 0.25) is 10.0 Å². The number of piperidine rings is 2. The van der Waals surface area contributed by atoms with E-state index in [1.54, 1.807) is 12.3 Å². The van der Waals surface area contributed by atoms with Crippen molar-refractivity contribution in [1.82, 2.24) is 20.6 Å². The molecule has 2 saturated heterocycles. The molecule has 2 aromatic carbocycles. The van der Waals surface area contributed by atoms with Gasteiger partial charge in [-0.2, -0.15) is 0 Å². The van der Waals surface area contributed by atoms with Crippen molar-refractivity contribution in [3.8, 4) is 0 Å². The third kappa shape index (κ3) is 8.25. The monoisotopic (exact) mass is 892 g/mol. The topological polar surface area (TPSA) is 113 Å². The Morgan fingerprint density at radius 2 is 1.19 bits per heavy atom. The maximum atomic E-state index is 12.8. The van der Waals surface area contributed by atoms with Gasteiger partial charge in [-0.15, -0.1) is 0 Å². The third-order valence-electron chi connectivity index (χ3n) is 10.7. The highest BCUT2D eigenvalue weighted by molar-refractivity contribution is 9.10. The van der Waals surface area contributed by atoms with Gasteiger partial charge in [0.1, 0.15) is 0 Å². The standard InChI is InChI=1S/C22H22BrClN2O2.C20H18BrClN2O2/c1-2-28-22(27)19-10-14-9-16(24)3-4-17(14)20(13-5-7-25-8-6-13)21-18(19)11-15(23)12-26-21;21-13-9-16-17(20(25)26)8-12-7-14(22)1-2-15(12)18(19(16)24-10-13)11-3-5-23-6-4-11/h3-4,9-13,20,25H,2,5-8H2,1H3;1-2,7-11,18,23H,3-6H2,(H,25,26). The second-order valence-corrected chi connectivity index (χ2v) is 16.7. The summed E-state index contributed by atoms with van der Waals surface area (Å²) in [6, 6.07) is 15.6. The van der Waals surface area contributed by atoms with Crippen molar-refractivity contribution in [2.75, 3.05) is 32.8 Å². The Balaban J connectivity index is 0.000000167. The molecule has 4 aromatic rings. The van der Waals surface area contributed by atoms with Crippen molar-refractivity contribution < 1.29 is 19.4 Å². The van der Waals surface area contributed by atoms with Crippen molar-refractivity contribution in [1.29, 1.82) is 0 Å². The van der Waals surface area contributed by atoms with E-state index in [0.29, 0.717) is 39.6 Å². The summed E-state index contributed by atoms with van der Waals surface area (Å²) >= 11 is 19.5. The largest absolute Gasteiger partial charge is 0.478 e. The summed E-state index contributed by atoms with van der Waals surface area (Å²) in [4.78, 5) is 34.3. The summed E-state index contributed by atoms with van der Waals surface area (Å²) in [6.45, 7) is 6.07. The van der Waals surface area contributed by atoms with Crippen molar-refractivity contribution in [3.63, 3.8) is 0 Å². The van der Waals surface area contributed by atoms with Gasteiger partial charge in [-0.05, 0) is 173 Å². The first-order valence-electron chi connectivity index (χ1n) is 18.3. The van der Waals surface area contributed by atoms with Crippen LogP contribution in [-0.2, 0) is 14.3 Å². The summed E-state index contributed by atoms with van der Waals surface area (Å²) < 4.78 is 6.98. The number of carbonyl (C=O) groups is 2. The molecule has 4 aliphatic rings. The highest BCUT2D eigenvalue weighted by atomic mass is 79.9. The Morgan fingerprint density at radius 1 is 0.741 bits per heavy atom. The minimum atomic E-state index is -0.956. The van der Waals surface area contributed by atoms with Gasteiger partial charge in [0.05, 0.1) is 29.1 Å². The number of fused-ring (bicyclic) bond motifs is 4. The Kier molecular flexibility index (Phi) is 12.4. The van der Waals surface area contributed by atoms with Gasteiger partial charge >= 0.3 is 11.9 Å². The lowest BCUT2D eigenvalue weighted by Crippen LogP contribution is -2.32. The molecule has 2 atom stereocenters. The average molecular weight is 896 g/mol. The number of esters is 1. The molecule has 0 spiro atoms. The number of carboxylic acids is 1. The summed E-state index contributed by atoms with van der Waals surface area (Å²) in [6.07, 6.45) is 11.4. The zero-order valence-corrected chi connectivity index (χ0v) is 34.4. The predicted octanol–water partition coefficient (Wildman–Crippen LogP) is 9.61. The number of nitrogens with one attached hydrogen (secondary N) is 2. The maximum Gasteiger partial charge on any atom is 0.338 e. The lowest BCUT2D eigenvalue weighted by atomic mass is 9.76. The van der Waals surface area contributed by atoms with E-state index in [0.717, 1.165) is 94.4 Å². The van der Waals surface area contributed by atoms with Gasteiger partial charge in [-0.25, -0.2) is 9.59 Å². The van der Waals surface area contributed by atoms with E-state index in [9.17, 15) is 14.7 Å². The fourth-order valence-electron chi connectivity index (χ4n) is 8.36. The molecule has 2 fully saturated rings. The number of ether oxygens (including phenoxy) is 1. The second kappa shape index (κ2) is 17.2. The first kappa shape index (κ1) is 38.9. The van der Waals surface area contributed by atoms with E-state index in [1.807, 2.05) is 61.7 Å². The Hall–Kier alpha value is -3.38. The molecular formula is C42H40Br2Cl2N4O4. The number of hydrogen-bond donors (Lipinski definition) is 3. The molecule has 4 heterocycles. The molecule has 12 heteroatoms. The summed E-state index contributed by atoms with van der Waals surface area (Å²) in [5.41, 5.74) is 8.21. The van der Waals surface area contributed by atoms with Crippen LogP contribution in [0.4, 0.5) is 0 Å². The van der Waals surface area contributed by atoms with E-state index in [1.165, 1.54) is 5.56 Å². The summed E-state index contributed by atoms with van der Waals surface area (Å²) in [5, 5.41) is 17.9. The van der Waals surface area contributed by atoms with Crippen LogP contribution in [0.15, 0.2) is 69.9 Å². The molecule has 0 saturated carbocycles. The van der Waals surface area contributed by atoms with Crippen LogP contribution in [0.1, 0.15) is 89.2 Å². The summed E-state index contributed by atoms with van der Waals surface area (Å²) in [5.74, 6) is -0.265. The normalized spacial score (nSPS) is 19.6. The number of pyridine rings is 2. The predicted molar refractivity (Wildman–Crippen MR) is 222 cm³/mol. The smallest absolute Gasteiger partial charge is 0.338 e. The molecule has 2 aliphatic heterocycles. The molecule has 3 N–H and O–H groups in total. The van der Waals surface area contributed by atoms with E-state index >= 15 is 0 Å². The fourth-order valence-corrected chi connectivity index (χ4v) is 9.38. The molecule has 2 aliphatic carbocycles. The van der Waals surface area contributed by atoms with E-state index in [2.05, 4.69) is 53.5 Å². The number of benzene rings is 2. The number of hydrogen-bond acceptors (Lipinski definition) is 7. The molecule has 54 heavy (non-hydrogen) atoms. The number of aliphatic carboxylic acids is 1. The third-order valence-corrected chi connectivity index (χ3v) is 12.1. The Bertz CT molecular complexity index is 2150. The van der Waals surface area contributed by atoms with Crippen LogP contribution in [0, 0.1) is 11.8 Å². The van der Waals surface area contributed by atoms with Gasteiger partial charge in [-0.1, -0.05) is 35.3 Å². The SMILES string of the molecule is CCOC(=O)C1=Cc2cc(Cl)ccc2C(C2CCNCC2)c2ncc(Br)cc21.O=C(O)C1=Cc2cc(Cl)ccc2C(C2CCNCC2)c2ncc(Br)cc21. The van der Waals surface area contributed by atoms with E-state index in [4.69, 9.17) is 32.9 Å². The number of carbonyl (C=O) groups excluding carboxylic acids is 1. The van der Waals surface area contributed by atoms with Gasteiger partial charge < -0.3 is 20.5 Å². The zero-order valence-electron chi connectivity index (χ0n) is 29.7. The number of carboxylic acid groups (broad SMARTS) is 1. The molecule has 280 valence electrons. The number of halogens is 4. The van der Waals surface area contributed by atoms with Gasteiger partial charge in [-0.3, -0.25) is 9.97 Å².